The largest absolute Gasteiger partial charge is 0.495 e. The zero-order valence-corrected chi connectivity index (χ0v) is 23.7. The Morgan fingerprint density at radius 2 is 1.74 bits per heavy atom. The van der Waals surface area contributed by atoms with Gasteiger partial charge in [-0.25, -0.2) is 12.8 Å². The molecule has 1 atom stereocenters. The van der Waals surface area contributed by atoms with Crippen LogP contribution in [0.4, 0.5) is 10.1 Å². The summed E-state index contributed by atoms with van der Waals surface area (Å²) >= 11 is 6.30. The number of likely N-dealkylation sites (N-methyl/N-ethyl adjacent to an activating group) is 1. The van der Waals surface area contributed by atoms with Gasteiger partial charge in [-0.2, -0.15) is 0 Å². The molecular formula is C28H31ClFN3O5S. The lowest BCUT2D eigenvalue weighted by atomic mass is 10.1. The molecule has 0 aliphatic heterocycles. The topological polar surface area (TPSA) is 96.0 Å². The maximum Gasteiger partial charge on any atom is 0.264 e. The van der Waals surface area contributed by atoms with Crippen LogP contribution in [0.25, 0.3) is 0 Å². The molecule has 11 heteroatoms. The van der Waals surface area contributed by atoms with Crippen molar-refractivity contribution < 1.29 is 27.1 Å². The van der Waals surface area contributed by atoms with Crippen LogP contribution in [0.1, 0.15) is 25.0 Å². The number of anilines is 1. The molecule has 0 saturated heterocycles. The summed E-state index contributed by atoms with van der Waals surface area (Å²) < 4.78 is 48.3. The van der Waals surface area contributed by atoms with E-state index in [0.29, 0.717) is 12.3 Å². The molecule has 0 bridgehead atoms. The molecule has 0 radical (unpaired) electrons. The van der Waals surface area contributed by atoms with Gasteiger partial charge in [0.25, 0.3) is 10.0 Å². The Kier molecular flexibility index (Phi) is 9.93. The lowest BCUT2D eigenvalue weighted by Gasteiger charge is -2.32. The number of nitrogens with zero attached hydrogens (tertiary/aromatic N) is 2. The van der Waals surface area contributed by atoms with Gasteiger partial charge in [-0.1, -0.05) is 47.5 Å². The molecule has 0 heterocycles. The molecule has 0 aromatic heterocycles. The summed E-state index contributed by atoms with van der Waals surface area (Å²) in [6.07, 6.45) is 0. The van der Waals surface area contributed by atoms with Crippen molar-refractivity contribution in [1.82, 2.24) is 10.2 Å². The Morgan fingerprint density at radius 1 is 1.08 bits per heavy atom. The van der Waals surface area contributed by atoms with E-state index in [1.165, 1.54) is 62.6 Å². The monoisotopic (exact) mass is 575 g/mol. The number of halogens is 2. The van der Waals surface area contributed by atoms with Crippen molar-refractivity contribution in [2.24, 2.45) is 0 Å². The van der Waals surface area contributed by atoms with E-state index in [1.807, 2.05) is 6.92 Å². The number of benzene rings is 3. The van der Waals surface area contributed by atoms with Crippen LogP contribution in [0.5, 0.6) is 5.75 Å². The van der Waals surface area contributed by atoms with Crippen molar-refractivity contribution in [3.05, 3.63) is 88.7 Å². The molecule has 0 aliphatic rings. The van der Waals surface area contributed by atoms with Gasteiger partial charge in [-0.3, -0.25) is 13.9 Å². The number of ether oxygens (including phenoxy) is 1. The summed E-state index contributed by atoms with van der Waals surface area (Å²) in [6, 6.07) is 15.4. The van der Waals surface area contributed by atoms with Crippen LogP contribution in [0.15, 0.2) is 71.6 Å². The van der Waals surface area contributed by atoms with Gasteiger partial charge in [0.05, 0.1) is 22.7 Å². The minimum atomic E-state index is -4.26. The van der Waals surface area contributed by atoms with E-state index >= 15 is 0 Å². The van der Waals surface area contributed by atoms with Crippen LogP contribution in [0.2, 0.25) is 5.02 Å². The second-order valence-corrected chi connectivity index (χ2v) is 11.1. The summed E-state index contributed by atoms with van der Waals surface area (Å²) in [5, 5.41) is 2.80. The van der Waals surface area contributed by atoms with E-state index < -0.39 is 40.2 Å². The third-order valence-corrected chi connectivity index (χ3v) is 8.21. The third-order valence-electron chi connectivity index (χ3n) is 6.13. The Hall–Kier alpha value is -3.63. The molecule has 0 aliphatic carbocycles. The molecule has 0 saturated carbocycles. The summed E-state index contributed by atoms with van der Waals surface area (Å²) in [7, 11) is -2.84. The number of carbonyl (C=O) groups excluding carboxylic acids is 2. The summed E-state index contributed by atoms with van der Waals surface area (Å²) in [6.45, 7) is 4.47. The number of aryl methyl sites for hydroxylation is 1. The van der Waals surface area contributed by atoms with Crippen LogP contribution in [0.3, 0.4) is 0 Å². The van der Waals surface area contributed by atoms with Gasteiger partial charge in [0.15, 0.2) is 0 Å². The fourth-order valence-corrected chi connectivity index (χ4v) is 5.55. The standard InChI is InChI=1S/C28H31ClFN3O5S/c1-5-31-28(35)20(3)32(17-21-8-6-7-9-25(21)30)27(34)18-33(22-12-15-26(38-4)24(29)16-22)39(36,37)23-13-10-19(2)11-14-23/h6-16,20H,5,17-18H2,1-4H3,(H,31,35)/t20-/m0/s1. The molecular weight excluding hydrogens is 545 g/mol. The van der Waals surface area contributed by atoms with Crippen molar-refractivity contribution in [2.45, 2.75) is 38.3 Å². The average Bonchev–Trinajstić information content (AvgIpc) is 2.91. The van der Waals surface area contributed by atoms with Crippen LogP contribution in [-0.2, 0) is 26.2 Å². The molecule has 0 unspecified atom stereocenters. The van der Waals surface area contributed by atoms with Gasteiger partial charge < -0.3 is 15.0 Å². The number of sulfonamides is 1. The summed E-state index contributed by atoms with van der Waals surface area (Å²) in [4.78, 5) is 27.6. The first-order chi connectivity index (χ1) is 18.5. The Balaban J connectivity index is 2.08. The van der Waals surface area contributed by atoms with E-state index in [1.54, 1.807) is 25.1 Å². The lowest BCUT2D eigenvalue weighted by molar-refractivity contribution is -0.139. The molecule has 0 fully saturated rings. The van der Waals surface area contributed by atoms with E-state index in [4.69, 9.17) is 16.3 Å². The van der Waals surface area contributed by atoms with Gasteiger partial charge in [0, 0.05) is 18.7 Å². The van der Waals surface area contributed by atoms with Crippen LogP contribution >= 0.6 is 11.6 Å². The number of amides is 2. The SMILES string of the molecule is CCNC(=O)[C@H](C)N(Cc1ccccc1F)C(=O)CN(c1ccc(OC)c(Cl)c1)S(=O)(=O)c1ccc(C)cc1. The average molecular weight is 576 g/mol. The van der Waals surface area contributed by atoms with Crippen molar-refractivity contribution >= 4 is 39.1 Å². The van der Waals surface area contributed by atoms with Crippen molar-refractivity contribution in [3.63, 3.8) is 0 Å². The molecule has 1 N–H and O–H groups in total. The van der Waals surface area contributed by atoms with Crippen LogP contribution in [-0.4, -0.2) is 51.4 Å². The van der Waals surface area contributed by atoms with Crippen molar-refractivity contribution in [1.29, 1.82) is 0 Å². The molecule has 0 spiro atoms. The molecule has 3 rings (SSSR count). The number of rotatable bonds is 11. The summed E-state index contributed by atoms with van der Waals surface area (Å²) in [5.74, 6) is -1.39. The van der Waals surface area contributed by atoms with Crippen LogP contribution in [0, 0.1) is 12.7 Å². The highest BCUT2D eigenvalue weighted by atomic mass is 35.5. The lowest BCUT2D eigenvalue weighted by Crippen LogP contribution is -2.51. The molecule has 8 nitrogen and oxygen atoms in total. The number of hydrogen-bond donors (Lipinski definition) is 1. The zero-order chi connectivity index (χ0) is 28.7. The smallest absolute Gasteiger partial charge is 0.264 e. The second kappa shape index (κ2) is 12.9. The minimum Gasteiger partial charge on any atom is -0.495 e. The maximum absolute atomic E-state index is 14.5. The Labute approximate surface area is 233 Å². The first-order valence-corrected chi connectivity index (χ1v) is 14.0. The highest BCUT2D eigenvalue weighted by molar-refractivity contribution is 7.92. The van der Waals surface area contributed by atoms with E-state index in [0.717, 1.165) is 14.8 Å². The molecule has 39 heavy (non-hydrogen) atoms. The van der Waals surface area contributed by atoms with Crippen molar-refractivity contribution in [3.8, 4) is 5.75 Å². The number of methoxy groups -OCH3 is 1. The van der Waals surface area contributed by atoms with E-state index in [2.05, 4.69) is 5.32 Å². The zero-order valence-electron chi connectivity index (χ0n) is 22.1. The molecule has 2 amide bonds. The first kappa shape index (κ1) is 29.9. The van der Waals surface area contributed by atoms with Gasteiger partial charge in [0.2, 0.25) is 11.8 Å². The number of nitrogens with one attached hydrogen (secondary N) is 1. The predicted octanol–water partition coefficient (Wildman–Crippen LogP) is 4.54. The third kappa shape index (κ3) is 7.07. The van der Waals surface area contributed by atoms with Gasteiger partial charge in [-0.05, 0) is 57.2 Å². The Bertz CT molecular complexity index is 1430. The van der Waals surface area contributed by atoms with Crippen LogP contribution < -0.4 is 14.4 Å². The van der Waals surface area contributed by atoms with E-state index in [9.17, 15) is 22.4 Å². The first-order valence-electron chi connectivity index (χ1n) is 12.2. The van der Waals surface area contributed by atoms with Gasteiger partial charge >= 0.3 is 0 Å². The minimum absolute atomic E-state index is 0.0368. The van der Waals surface area contributed by atoms with Gasteiger partial charge in [0.1, 0.15) is 24.2 Å². The molecule has 3 aromatic rings. The second-order valence-electron chi connectivity index (χ2n) is 8.83. The quantitative estimate of drug-likeness (QED) is 0.362. The van der Waals surface area contributed by atoms with Gasteiger partial charge in [-0.15, -0.1) is 0 Å². The van der Waals surface area contributed by atoms with E-state index in [-0.39, 0.29) is 27.7 Å². The normalized spacial score (nSPS) is 11.9. The highest BCUT2D eigenvalue weighted by Gasteiger charge is 2.33. The van der Waals surface area contributed by atoms with Crippen molar-refractivity contribution in [2.75, 3.05) is 24.5 Å². The molecule has 208 valence electrons. The maximum atomic E-state index is 14.5. The fraction of sp³-hybridized carbons (Fsp3) is 0.286. The summed E-state index contributed by atoms with van der Waals surface area (Å²) in [5.41, 5.74) is 1.16. The number of hydrogen-bond acceptors (Lipinski definition) is 5. The number of carbonyl (C=O) groups is 2. The Morgan fingerprint density at radius 3 is 2.33 bits per heavy atom. The highest BCUT2D eigenvalue weighted by Crippen LogP contribution is 2.32. The molecule has 3 aromatic carbocycles. The predicted molar refractivity (Wildman–Crippen MR) is 149 cm³/mol. The fourth-order valence-electron chi connectivity index (χ4n) is 3.89.